The zero-order valence-corrected chi connectivity index (χ0v) is 21.8. The highest BCUT2D eigenvalue weighted by Gasteiger charge is 2.27. The van der Waals surface area contributed by atoms with Crippen molar-refractivity contribution >= 4 is 21.7 Å². The fraction of sp³-hybridized carbons (Fsp3) is 0.286. The van der Waals surface area contributed by atoms with Crippen molar-refractivity contribution in [2.24, 2.45) is 5.73 Å². The number of hydrogen-bond donors (Lipinski definition) is 1. The summed E-state index contributed by atoms with van der Waals surface area (Å²) in [5.41, 5.74) is 9.09. The van der Waals surface area contributed by atoms with Gasteiger partial charge in [-0.05, 0) is 54.3 Å². The maximum absolute atomic E-state index is 15.0. The van der Waals surface area contributed by atoms with Gasteiger partial charge < -0.3 is 15.4 Å². The van der Waals surface area contributed by atoms with E-state index in [0.717, 1.165) is 34.6 Å². The van der Waals surface area contributed by atoms with Crippen LogP contribution in [0.2, 0.25) is 0 Å². The van der Waals surface area contributed by atoms with Gasteiger partial charge in [-0.15, -0.1) is 0 Å². The standard InChI is InChI=1S/C28H29FN2O5S/c1-4-22-23(10-12-25(26(22)29)37(3,34)35)28(33)31-13-14-36-24-11-9-20(15-21(24)16-31)19-7-5-18(6-8-19)17(2)27(30)32/h5-12,15,17H,4,13-14,16H2,1-3H3,(H2,30,32). The molecule has 0 saturated carbocycles. The first-order valence-corrected chi connectivity index (χ1v) is 13.9. The van der Waals surface area contributed by atoms with Crippen LogP contribution in [0.1, 0.15) is 46.8 Å². The van der Waals surface area contributed by atoms with Crippen LogP contribution in [0.3, 0.4) is 0 Å². The van der Waals surface area contributed by atoms with Crippen LogP contribution < -0.4 is 10.5 Å². The van der Waals surface area contributed by atoms with E-state index in [1.807, 2.05) is 42.5 Å². The number of carbonyl (C=O) groups excluding carboxylic acids is 2. The summed E-state index contributed by atoms with van der Waals surface area (Å²) in [5.74, 6) is -1.39. The van der Waals surface area contributed by atoms with Gasteiger partial charge in [0, 0.05) is 29.5 Å². The molecule has 2 N–H and O–H groups in total. The van der Waals surface area contributed by atoms with Crippen LogP contribution in [0.25, 0.3) is 11.1 Å². The van der Waals surface area contributed by atoms with Crippen molar-refractivity contribution in [3.05, 3.63) is 82.7 Å². The van der Waals surface area contributed by atoms with Crippen LogP contribution in [-0.4, -0.2) is 44.5 Å². The van der Waals surface area contributed by atoms with Crippen LogP contribution in [-0.2, 0) is 27.6 Å². The molecule has 0 aliphatic carbocycles. The number of carbonyl (C=O) groups is 2. The molecule has 0 aromatic heterocycles. The number of fused-ring (bicyclic) bond motifs is 1. The molecule has 1 aliphatic rings. The Kier molecular flexibility index (Phi) is 7.36. The predicted octanol–water partition coefficient (Wildman–Crippen LogP) is 4.08. The van der Waals surface area contributed by atoms with E-state index in [1.54, 1.807) is 18.7 Å². The molecule has 3 aromatic rings. The molecule has 0 saturated heterocycles. The number of nitrogens with zero attached hydrogens (tertiary/aromatic N) is 1. The van der Waals surface area contributed by atoms with E-state index in [9.17, 15) is 18.0 Å². The van der Waals surface area contributed by atoms with Crippen molar-refractivity contribution in [1.82, 2.24) is 4.90 Å². The molecule has 7 nitrogen and oxygen atoms in total. The highest BCUT2D eigenvalue weighted by atomic mass is 32.2. The van der Waals surface area contributed by atoms with Crippen LogP contribution in [0.5, 0.6) is 5.75 Å². The van der Waals surface area contributed by atoms with Gasteiger partial charge in [-0.2, -0.15) is 0 Å². The van der Waals surface area contributed by atoms with Gasteiger partial charge in [0.25, 0.3) is 5.91 Å². The minimum atomic E-state index is -3.77. The van der Waals surface area contributed by atoms with Crippen LogP contribution in [0.15, 0.2) is 59.5 Å². The fourth-order valence-electron chi connectivity index (χ4n) is 4.48. The Bertz CT molecular complexity index is 1470. The lowest BCUT2D eigenvalue weighted by Crippen LogP contribution is -2.33. The van der Waals surface area contributed by atoms with Gasteiger partial charge in [-0.1, -0.05) is 37.3 Å². The average Bonchev–Trinajstić information content (AvgIpc) is 3.09. The summed E-state index contributed by atoms with van der Waals surface area (Å²) in [4.78, 5) is 26.1. The number of hydrogen-bond acceptors (Lipinski definition) is 5. The lowest BCUT2D eigenvalue weighted by molar-refractivity contribution is -0.119. The van der Waals surface area contributed by atoms with E-state index in [0.29, 0.717) is 12.3 Å². The molecule has 0 spiro atoms. The van der Waals surface area contributed by atoms with E-state index in [-0.39, 0.29) is 36.6 Å². The number of nitrogens with two attached hydrogens (primary N) is 1. The first-order chi connectivity index (χ1) is 17.5. The van der Waals surface area contributed by atoms with Gasteiger partial charge in [0.2, 0.25) is 5.91 Å². The van der Waals surface area contributed by atoms with Crippen molar-refractivity contribution < 1.29 is 27.1 Å². The van der Waals surface area contributed by atoms with Gasteiger partial charge >= 0.3 is 0 Å². The van der Waals surface area contributed by atoms with E-state index < -0.39 is 32.4 Å². The summed E-state index contributed by atoms with van der Waals surface area (Å²) < 4.78 is 44.8. The molecule has 1 aliphatic heterocycles. The molecule has 9 heteroatoms. The summed E-state index contributed by atoms with van der Waals surface area (Å²) >= 11 is 0. The third-order valence-corrected chi connectivity index (χ3v) is 7.80. The Balaban J connectivity index is 1.64. The highest BCUT2D eigenvalue weighted by Crippen LogP contribution is 2.31. The van der Waals surface area contributed by atoms with E-state index in [4.69, 9.17) is 10.5 Å². The summed E-state index contributed by atoms with van der Waals surface area (Å²) in [7, 11) is -3.77. The molecule has 0 radical (unpaired) electrons. The number of amides is 2. The Morgan fingerprint density at radius 1 is 1.08 bits per heavy atom. The third kappa shape index (κ3) is 5.36. The molecular formula is C28H29FN2O5S. The highest BCUT2D eigenvalue weighted by molar-refractivity contribution is 7.90. The molecule has 1 atom stereocenters. The zero-order chi connectivity index (χ0) is 26.9. The number of halogens is 1. The molecule has 1 unspecified atom stereocenters. The number of sulfone groups is 1. The first kappa shape index (κ1) is 26.3. The molecule has 4 rings (SSSR count). The Morgan fingerprint density at radius 3 is 2.38 bits per heavy atom. The van der Waals surface area contributed by atoms with Crippen molar-refractivity contribution in [2.45, 2.75) is 37.6 Å². The van der Waals surface area contributed by atoms with Crippen molar-refractivity contribution in [1.29, 1.82) is 0 Å². The molecule has 37 heavy (non-hydrogen) atoms. The second-order valence-corrected chi connectivity index (χ2v) is 11.2. The summed E-state index contributed by atoms with van der Waals surface area (Å²) in [6.45, 7) is 4.25. The topological polar surface area (TPSA) is 107 Å². The van der Waals surface area contributed by atoms with Crippen LogP contribution in [0, 0.1) is 5.82 Å². The van der Waals surface area contributed by atoms with E-state index in [1.165, 1.54) is 6.07 Å². The van der Waals surface area contributed by atoms with E-state index in [2.05, 4.69) is 0 Å². The normalized spacial score (nSPS) is 14.3. The molecule has 194 valence electrons. The minimum absolute atomic E-state index is 0.0809. The van der Waals surface area contributed by atoms with Crippen molar-refractivity contribution in [3.63, 3.8) is 0 Å². The average molecular weight is 525 g/mol. The quantitative estimate of drug-likeness (QED) is 0.523. The number of rotatable bonds is 6. The summed E-state index contributed by atoms with van der Waals surface area (Å²) in [5, 5.41) is 0. The van der Waals surface area contributed by atoms with Gasteiger partial charge in [0.1, 0.15) is 23.1 Å². The lowest BCUT2D eigenvalue weighted by Gasteiger charge is -2.22. The Hall–Kier alpha value is -3.72. The second-order valence-electron chi connectivity index (χ2n) is 9.17. The van der Waals surface area contributed by atoms with Gasteiger partial charge in [-0.3, -0.25) is 9.59 Å². The molecule has 3 aromatic carbocycles. The smallest absolute Gasteiger partial charge is 0.254 e. The maximum Gasteiger partial charge on any atom is 0.254 e. The Morgan fingerprint density at radius 2 is 1.76 bits per heavy atom. The summed E-state index contributed by atoms with van der Waals surface area (Å²) in [6.07, 6.45) is 1.12. The maximum atomic E-state index is 15.0. The Labute approximate surface area is 216 Å². The fourth-order valence-corrected chi connectivity index (χ4v) is 5.24. The SMILES string of the molecule is CCc1c(C(=O)N2CCOc3ccc(-c4ccc(C(C)C(N)=O)cc4)cc3C2)ccc(S(C)(=O)=O)c1F. The third-order valence-electron chi connectivity index (χ3n) is 6.69. The minimum Gasteiger partial charge on any atom is -0.491 e. The van der Waals surface area contributed by atoms with Gasteiger partial charge in [0.05, 0.1) is 12.5 Å². The number of ether oxygens (including phenoxy) is 1. The predicted molar refractivity (Wildman–Crippen MR) is 139 cm³/mol. The van der Waals surface area contributed by atoms with Crippen LogP contribution in [0.4, 0.5) is 4.39 Å². The monoisotopic (exact) mass is 524 g/mol. The van der Waals surface area contributed by atoms with Crippen LogP contribution >= 0.6 is 0 Å². The van der Waals surface area contributed by atoms with Crippen molar-refractivity contribution in [3.8, 4) is 16.9 Å². The first-order valence-electron chi connectivity index (χ1n) is 12.0. The molecule has 2 amide bonds. The number of primary amides is 1. The molecule has 1 heterocycles. The van der Waals surface area contributed by atoms with Gasteiger partial charge in [-0.25, -0.2) is 12.8 Å². The summed E-state index contributed by atoms with van der Waals surface area (Å²) in [6, 6.07) is 15.8. The largest absolute Gasteiger partial charge is 0.491 e. The zero-order valence-electron chi connectivity index (χ0n) is 21.0. The van der Waals surface area contributed by atoms with E-state index >= 15 is 4.39 Å². The second kappa shape index (κ2) is 10.3. The number of benzene rings is 3. The lowest BCUT2D eigenvalue weighted by atomic mass is 9.96. The molecule has 0 fully saturated rings. The van der Waals surface area contributed by atoms with Crippen molar-refractivity contribution in [2.75, 3.05) is 19.4 Å². The molecule has 0 bridgehead atoms. The van der Waals surface area contributed by atoms with Gasteiger partial charge in [0.15, 0.2) is 9.84 Å². The molecular weight excluding hydrogens is 495 g/mol.